The van der Waals surface area contributed by atoms with Crippen LogP contribution in [-0.4, -0.2) is 39.1 Å². The molecule has 0 radical (unpaired) electrons. The zero-order chi connectivity index (χ0) is 21.6. The molecule has 160 valence electrons. The molecule has 2 aromatic carbocycles. The molecule has 0 bridgehead atoms. The van der Waals surface area contributed by atoms with Crippen LogP contribution in [0.2, 0.25) is 5.02 Å². The SMILES string of the molecule is O=C(c1ccc(NC(=S)NCc2nc(-c3cccc(Cl)c3)no2)cc1)N1CCCCC1. The predicted octanol–water partition coefficient (Wildman–Crippen LogP) is 4.50. The van der Waals surface area contributed by atoms with Gasteiger partial charge in [-0.15, -0.1) is 0 Å². The number of nitrogens with one attached hydrogen (secondary N) is 2. The van der Waals surface area contributed by atoms with Crippen LogP contribution in [0.5, 0.6) is 0 Å². The molecule has 0 unspecified atom stereocenters. The Bertz CT molecular complexity index is 1060. The van der Waals surface area contributed by atoms with E-state index < -0.39 is 0 Å². The number of thiocarbonyl (C=S) groups is 1. The monoisotopic (exact) mass is 455 g/mol. The van der Waals surface area contributed by atoms with Crippen molar-refractivity contribution in [1.82, 2.24) is 20.4 Å². The van der Waals surface area contributed by atoms with E-state index in [9.17, 15) is 4.79 Å². The molecule has 7 nitrogen and oxygen atoms in total. The summed E-state index contributed by atoms with van der Waals surface area (Å²) in [5.74, 6) is 0.951. The van der Waals surface area contributed by atoms with E-state index in [4.69, 9.17) is 28.3 Å². The number of hydrogen-bond donors (Lipinski definition) is 2. The van der Waals surface area contributed by atoms with Crippen LogP contribution in [0.1, 0.15) is 35.5 Å². The molecular weight excluding hydrogens is 434 g/mol. The first-order valence-electron chi connectivity index (χ1n) is 10.1. The Kier molecular flexibility index (Phi) is 6.79. The molecular formula is C22H22ClN5O2S. The number of anilines is 1. The lowest BCUT2D eigenvalue weighted by molar-refractivity contribution is 0.0724. The topological polar surface area (TPSA) is 83.3 Å². The average molecular weight is 456 g/mol. The lowest BCUT2D eigenvalue weighted by Gasteiger charge is -2.26. The van der Waals surface area contributed by atoms with Crippen LogP contribution in [-0.2, 0) is 6.54 Å². The first-order valence-corrected chi connectivity index (χ1v) is 10.9. The minimum Gasteiger partial charge on any atom is -0.353 e. The molecule has 0 saturated carbocycles. The standard InChI is InChI=1S/C22H22ClN5O2S/c23-17-6-4-5-16(13-17)20-26-19(30-27-20)14-24-22(31)25-18-9-7-15(8-10-18)21(29)28-11-2-1-3-12-28/h4-10,13H,1-3,11-12,14H2,(H2,24,25,31). The number of nitrogens with zero attached hydrogens (tertiary/aromatic N) is 3. The molecule has 3 aromatic rings. The van der Waals surface area contributed by atoms with Crippen molar-refractivity contribution < 1.29 is 9.32 Å². The van der Waals surface area contributed by atoms with E-state index in [1.807, 2.05) is 41.3 Å². The Hall–Kier alpha value is -2.97. The molecule has 9 heteroatoms. The van der Waals surface area contributed by atoms with Gasteiger partial charge in [0, 0.05) is 34.9 Å². The summed E-state index contributed by atoms with van der Waals surface area (Å²) < 4.78 is 5.26. The summed E-state index contributed by atoms with van der Waals surface area (Å²) in [5.41, 5.74) is 2.26. The second-order valence-electron chi connectivity index (χ2n) is 7.26. The van der Waals surface area contributed by atoms with Crippen LogP contribution in [0.4, 0.5) is 5.69 Å². The fourth-order valence-electron chi connectivity index (χ4n) is 3.38. The van der Waals surface area contributed by atoms with Crippen LogP contribution < -0.4 is 10.6 Å². The first-order chi connectivity index (χ1) is 15.1. The molecule has 1 aliphatic rings. The molecule has 1 aromatic heterocycles. The third-order valence-electron chi connectivity index (χ3n) is 4.98. The maximum Gasteiger partial charge on any atom is 0.253 e. The number of likely N-dealkylation sites (tertiary alicyclic amines) is 1. The highest BCUT2D eigenvalue weighted by Gasteiger charge is 2.18. The molecule has 2 heterocycles. The van der Waals surface area contributed by atoms with Crippen LogP contribution in [0.25, 0.3) is 11.4 Å². The van der Waals surface area contributed by atoms with E-state index in [1.54, 1.807) is 12.1 Å². The number of carbonyl (C=O) groups excluding carboxylic acids is 1. The molecule has 0 aliphatic carbocycles. The fourth-order valence-corrected chi connectivity index (χ4v) is 3.76. The second-order valence-corrected chi connectivity index (χ2v) is 8.10. The first kappa shape index (κ1) is 21.3. The van der Waals surface area contributed by atoms with Crippen LogP contribution >= 0.6 is 23.8 Å². The third kappa shape index (κ3) is 5.59. The van der Waals surface area contributed by atoms with Crippen molar-refractivity contribution in [2.75, 3.05) is 18.4 Å². The van der Waals surface area contributed by atoms with Gasteiger partial charge in [-0.25, -0.2) is 0 Å². The smallest absolute Gasteiger partial charge is 0.253 e. The Labute approximate surface area is 190 Å². The number of benzene rings is 2. The quantitative estimate of drug-likeness (QED) is 0.548. The summed E-state index contributed by atoms with van der Waals surface area (Å²) in [4.78, 5) is 18.8. The average Bonchev–Trinajstić information content (AvgIpc) is 3.28. The maximum absolute atomic E-state index is 12.6. The largest absolute Gasteiger partial charge is 0.353 e. The van der Waals surface area contributed by atoms with Gasteiger partial charge in [-0.1, -0.05) is 28.9 Å². The summed E-state index contributed by atoms with van der Waals surface area (Å²) in [6.45, 7) is 1.95. The molecule has 2 N–H and O–H groups in total. The Morgan fingerprint density at radius 3 is 2.65 bits per heavy atom. The van der Waals surface area contributed by atoms with Crippen molar-refractivity contribution in [1.29, 1.82) is 0 Å². The number of hydrogen-bond acceptors (Lipinski definition) is 5. The molecule has 4 rings (SSSR count). The zero-order valence-electron chi connectivity index (χ0n) is 16.8. The van der Waals surface area contributed by atoms with Gasteiger partial charge in [0.2, 0.25) is 11.7 Å². The van der Waals surface area contributed by atoms with Crippen molar-refractivity contribution in [2.24, 2.45) is 0 Å². The normalized spacial score (nSPS) is 13.6. The molecule has 1 saturated heterocycles. The van der Waals surface area contributed by atoms with Gasteiger partial charge < -0.3 is 20.1 Å². The van der Waals surface area contributed by atoms with Crippen LogP contribution in [0.15, 0.2) is 53.1 Å². The lowest BCUT2D eigenvalue weighted by Crippen LogP contribution is -2.35. The van der Waals surface area contributed by atoms with E-state index >= 15 is 0 Å². The van der Waals surface area contributed by atoms with Gasteiger partial charge in [-0.05, 0) is 67.9 Å². The van der Waals surface area contributed by atoms with Crippen LogP contribution in [0.3, 0.4) is 0 Å². The highest BCUT2D eigenvalue weighted by atomic mass is 35.5. The number of aromatic nitrogens is 2. The Balaban J connectivity index is 1.28. The molecule has 0 spiro atoms. The molecule has 1 aliphatic heterocycles. The van der Waals surface area contributed by atoms with E-state index in [1.165, 1.54) is 6.42 Å². The predicted molar refractivity (Wildman–Crippen MR) is 124 cm³/mol. The number of halogens is 1. The van der Waals surface area contributed by atoms with Crippen molar-refractivity contribution in [3.8, 4) is 11.4 Å². The van der Waals surface area contributed by atoms with E-state index in [-0.39, 0.29) is 12.5 Å². The summed E-state index contributed by atoms with van der Waals surface area (Å²) in [6.07, 6.45) is 3.35. The number of rotatable bonds is 5. The highest BCUT2D eigenvalue weighted by molar-refractivity contribution is 7.80. The fraction of sp³-hybridized carbons (Fsp3) is 0.273. The maximum atomic E-state index is 12.6. The van der Waals surface area contributed by atoms with Gasteiger partial charge in [0.1, 0.15) is 0 Å². The summed E-state index contributed by atoms with van der Waals surface area (Å²) in [5, 5.41) is 11.1. The van der Waals surface area contributed by atoms with Crippen molar-refractivity contribution in [3.05, 3.63) is 65.0 Å². The van der Waals surface area contributed by atoms with Gasteiger partial charge in [0.25, 0.3) is 5.91 Å². The van der Waals surface area contributed by atoms with Crippen molar-refractivity contribution in [3.63, 3.8) is 0 Å². The van der Waals surface area contributed by atoms with Crippen molar-refractivity contribution >= 4 is 40.5 Å². The van der Waals surface area contributed by atoms with Gasteiger partial charge in [-0.3, -0.25) is 4.79 Å². The van der Waals surface area contributed by atoms with Crippen LogP contribution in [0, 0.1) is 0 Å². The Morgan fingerprint density at radius 2 is 1.90 bits per heavy atom. The number of amides is 1. The van der Waals surface area contributed by atoms with E-state index in [2.05, 4.69) is 20.8 Å². The van der Waals surface area contributed by atoms with Gasteiger partial charge in [0.15, 0.2) is 5.11 Å². The summed E-state index contributed by atoms with van der Waals surface area (Å²) >= 11 is 11.3. The molecule has 1 amide bonds. The molecule has 31 heavy (non-hydrogen) atoms. The van der Waals surface area contributed by atoms with Gasteiger partial charge >= 0.3 is 0 Å². The Morgan fingerprint density at radius 1 is 1.13 bits per heavy atom. The molecule has 0 atom stereocenters. The molecule has 1 fully saturated rings. The van der Waals surface area contributed by atoms with Gasteiger partial charge in [0.05, 0.1) is 6.54 Å². The minimum atomic E-state index is 0.0823. The second kappa shape index (κ2) is 9.89. The zero-order valence-corrected chi connectivity index (χ0v) is 18.4. The van der Waals surface area contributed by atoms with E-state index in [0.29, 0.717) is 27.4 Å². The number of piperidine rings is 1. The summed E-state index contributed by atoms with van der Waals surface area (Å²) in [6, 6.07) is 14.6. The minimum absolute atomic E-state index is 0.0823. The van der Waals surface area contributed by atoms with E-state index in [0.717, 1.165) is 37.2 Å². The van der Waals surface area contributed by atoms with Crippen molar-refractivity contribution in [2.45, 2.75) is 25.8 Å². The summed E-state index contributed by atoms with van der Waals surface area (Å²) in [7, 11) is 0. The van der Waals surface area contributed by atoms with Gasteiger partial charge in [-0.2, -0.15) is 4.98 Å². The number of carbonyl (C=O) groups is 1. The highest BCUT2D eigenvalue weighted by Crippen LogP contribution is 2.20. The third-order valence-corrected chi connectivity index (χ3v) is 5.47. The lowest BCUT2D eigenvalue weighted by atomic mass is 10.1.